The van der Waals surface area contributed by atoms with Crippen molar-refractivity contribution in [3.63, 3.8) is 0 Å². The number of carbonyl (C=O) groups excluding carboxylic acids is 1. The Labute approximate surface area is 135 Å². The molecule has 1 aromatic rings. The molecule has 6 nitrogen and oxygen atoms in total. The van der Waals surface area contributed by atoms with Crippen LogP contribution in [0.2, 0.25) is 0 Å². The lowest BCUT2D eigenvalue weighted by atomic mass is 9.96. The lowest BCUT2D eigenvalue weighted by Gasteiger charge is -2.26. The summed E-state index contributed by atoms with van der Waals surface area (Å²) in [5.41, 5.74) is 1.19. The van der Waals surface area contributed by atoms with Crippen molar-refractivity contribution in [3.8, 4) is 5.75 Å². The van der Waals surface area contributed by atoms with Gasteiger partial charge in [-0.1, -0.05) is 39.0 Å². The van der Waals surface area contributed by atoms with Gasteiger partial charge in [0, 0.05) is 0 Å². The predicted molar refractivity (Wildman–Crippen MR) is 90.2 cm³/mol. The summed E-state index contributed by atoms with van der Waals surface area (Å²) in [6.07, 6.45) is 0.387. The van der Waals surface area contributed by atoms with Crippen LogP contribution in [0.4, 0.5) is 0 Å². The summed E-state index contributed by atoms with van der Waals surface area (Å²) in [6.45, 7) is 6.05. The van der Waals surface area contributed by atoms with Crippen LogP contribution >= 0.6 is 0 Å². The van der Waals surface area contributed by atoms with Crippen LogP contribution in [-0.4, -0.2) is 35.3 Å². The second-order valence-corrected chi connectivity index (χ2v) is 5.86. The minimum absolute atomic E-state index is 0.187. The fourth-order valence-corrected chi connectivity index (χ4v) is 2.60. The van der Waals surface area contributed by atoms with E-state index >= 15 is 0 Å². The van der Waals surface area contributed by atoms with Crippen LogP contribution in [0.5, 0.6) is 5.75 Å². The number of amidine groups is 1. The van der Waals surface area contributed by atoms with Gasteiger partial charge in [-0.25, -0.2) is 0 Å². The van der Waals surface area contributed by atoms with E-state index in [1.165, 1.54) is 0 Å². The summed E-state index contributed by atoms with van der Waals surface area (Å²) in [4.78, 5) is 16.9. The Balaban J connectivity index is 1.86. The standard InChI is InChI=1S/C17H20N4O2/c1-4-12(23-11-8-6-5-7-9-11)16-18-14-13(10(2)3)20-21-15(14)17(22)19-16/h5-10,12,14H,4H2,1-3H3,(H,18,19,22). The third-order valence-electron chi connectivity index (χ3n) is 3.84. The molecular weight excluding hydrogens is 292 g/mol. The molecule has 0 radical (unpaired) electrons. The Hall–Kier alpha value is -2.50. The van der Waals surface area contributed by atoms with Gasteiger partial charge in [0.2, 0.25) is 0 Å². The Kier molecular flexibility index (Phi) is 4.23. The van der Waals surface area contributed by atoms with Gasteiger partial charge in [-0.15, -0.1) is 5.10 Å². The number of aliphatic imine (C=N–C) groups is 1. The molecule has 120 valence electrons. The molecular formula is C17H20N4O2. The molecule has 1 N–H and O–H groups in total. The summed E-state index contributed by atoms with van der Waals surface area (Å²) in [5.74, 6) is 1.24. The van der Waals surface area contributed by atoms with Crippen molar-refractivity contribution in [1.29, 1.82) is 0 Å². The van der Waals surface area contributed by atoms with Crippen molar-refractivity contribution in [1.82, 2.24) is 5.32 Å². The third kappa shape index (κ3) is 3.02. The molecule has 3 rings (SSSR count). The summed E-state index contributed by atoms with van der Waals surface area (Å²) < 4.78 is 5.97. The van der Waals surface area contributed by atoms with Crippen LogP contribution in [0.1, 0.15) is 27.2 Å². The van der Waals surface area contributed by atoms with Gasteiger partial charge in [0.15, 0.2) is 11.8 Å². The topological polar surface area (TPSA) is 75.4 Å². The van der Waals surface area contributed by atoms with Crippen molar-refractivity contribution in [3.05, 3.63) is 30.3 Å². The molecule has 0 aliphatic carbocycles. The fourth-order valence-electron chi connectivity index (χ4n) is 2.60. The van der Waals surface area contributed by atoms with E-state index in [2.05, 4.69) is 20.5 Å². The quantitative estimate of drug-likeness (QED) is 0.905. The number of fused-ring (bicyclic) bond motifs is 1. The first-order valence-corrected chi connectivity index (χ1v) is 7.86. The first-order valence-electron chi connectivity index (χ1n) is 7.86. The molecule has 1 aromatic carbocycles. The Morgan fingerprint density at radius 2 is 1.96 bits per heavy atom. The van der Waals surface area contributed by atoms with E-state index in [9.17, 15) is 4.79 Å². The number of para-hydroxylation sites is 1. The average Bonchev–Trinajstić information content (AvgIpc) is 2.98. The normalized spacial score (nSPS) is 21.1. The van der Waals surface area contributed by atoms with Gasteiger partial charge in [0.1, 0.15) is 17.6 Å². The predicted octanol–water partition coefficient (Wildman–Crippen LogP) is 2.21. The lowest BCUT2D eigenvalue weighted by molar-refractivity contribution is -0.113. The molecule has 0 fully saturated rings. The Bertz CT molecular complexity index is 692. The summed E-state index contributed by atoms with van der Waals surface area (Å²) in [5, 5.41) is 10.9. The molecule has 0 saturated carbocycles. The summed E-state index contributed by atoms with van der Waals surface area (Å²) in [7, 11) is 0. The van der Waals surface area contributed by atoms with Crippen molar-refractivity contribution >= 4 is 23.2 Å². The van der Waals surface area contributed by atoms with Gasteiger partial charge in [0.25, 0.3) is 5.91 Å². The van der Waals surface area contributed by atoms with Gasteiger partial charge in [-0.3, -0.25) is 9.79 Å². The zero-order chi connectivity index (χ0) is 16.4. The van der Waals surface area contributed by atoms with Gasteiger partial charge < -0.3 is 10.1 Å². The molecule has 1 amide bonds. The van der Waals surface area contributed by atoms with E-state index in [1.54, 1.807) is 0 Å². The number of amides is 1. The number of carbonyl (C=O) groups is 1. The first kappa shape index (κ1) is 15.4. The van der Waals surface area contributed by atoms with E-state index in [1.807, 2.05) is 51.1 Å². The van der Waals surface area contributed by atoms with Crippen LogP contribution in [0.3, 0.4) is 0 Å². The fraction of sp³-hybridized carbons (Fsp3) is 0.412. The van der Waals surface area contributed by atoms with Gasteiger partial charge in [-0.05, 0) is 24.5 Å². The number of rotatable bonds is 5. The SMILES string of the molecule is CCC(Oc1ccccc1)C1=NC2C(=NN=C2C(C)C)C(=O)N1. The molecule has 6 heteroatoms. The summed E-state index contributed by atoms with van der Waals surface area (Å²) >= 11 is 0. The Morgan fingerprint density at radius 1 is 1.22 bits per heavy atom. The van der Waals surface area contributed by atoms with Crippen LogP contribution in [0.25, 0.3) is 0 Å². The van der Waals surface area contributed by atoms with E-state index < -0.39 is 0 Å². The summed E-state index contributed by atoms with van der Waals surface area (Å²) in [6, 6.07) is 9.14. The number of nitrogens with one attached hydrogen (secondary N) is 1. The second kappa shape index (κ2) is 6.32. The molecule has 0 aromatic heterocycles. The molecule has 0 saturated heterocycles. The molecule has 2 atom stereocenters. The highest BCUT2D eigenvalue weighted by atomic mass is 16.5. The van der Waals surface area contributed by atoms with Crippen LogP contribution in [-0.2, 0) is 4.79 Å². The zero-order valence-corrected chi connectivity index (χ0v) is 13.5. The van der Waals surface area contributed by atoms with Crippen LogP contribution < -0.4 is 10.1 Å². The molecule has 0 bridgehead atoms. The van der Waals surface area contributed by atoms with Gasteiger partial charge >= 0.3 is 0 Å². The van der Waals surface area contributed by atoms with Gasteiger partial charge in [0.05, 0.1) is 5.71 Å². The molecule has 2 aliphatic rings. The average molecular weight is 312 g/mol. The minimum Gasteiger partial charge on any atom is -0.483 e. The van der Waals surface area contributed by atoms with Crippen LogP contribution in [0.15, 0.2) is 45.5 Å². The highest BCUT2D eigenvalue weighted by molar-refractivity contribution is 6.50. The monoisotopic (exact) mass is 312 g/mol. The number of hydrogen-bond acceptors (Lipinski definition) is 5. The third-order valence-corrected chi connectivity index (χ3v) is 3.84. The van der Waals surface area contributed by atoms with E-state index in [4.69, 9.17) is 4.74 Å². The minimum atomic E-state index is -0.382. The van der Waals surface area contributed by atoms with Crippen molar-refractivity contribution in [2.24, 2.45) is 21.1 Å². The lowest BCUT2D eigenvalue weighted by Crippen LogP contribution is -2.52. The van der Waals surface area contributed by atoms with Gasteiger partial charge in [-0.2, -0.15) is 5.10 Å². The molecule has 23 heavy (non-hydrogen) atoms. The largest absolute Gasteiger partial charge is 0.483 e. The van der Waals surface area contributed by atoms with E-state index in [0.717, 1.165) is 11.5 Å². The highest BCUT2D eigenvalue weighted by Gasteiger charge is 2.39. The highest BCUT2D eigenvalue weighted by Crippen LogP contribution is 2.20. The molecule has 2 heterocycles. The maximum absolute atomic E-state index is 12.3. The Morgan fingerprint density at radius 3 is 2.61 bits per heavy atom. The van der Waals surface area contributed by atoms with Crippen molar-refractivity contribution < 1.29 is 9.53 Å². The number of ether oxygens (including phenoxy) is 1. The molecule has 0 spiro atoms. The van der Waals surface area contributed by atoms with E-state index in [-0.39, 0.29) is 24.0 Å². The number of benzene rings is 1. The van der Waals surface area contributed by atoms with E-state index in [0.29, 0.717) is 18.0 Å². The molecule has 2 unspecified atom stereocenters. The number of nitrogens with zero attached hydrogens (tertiary/aromatic N) is 3. The van der Waals surface area contributed by atoms with Crippen molar-refractivity contribution in [2.45, 2.75) is 39.3 Å². The van der Waals surface area contributed by atoms with Crippen LogP contribution in [0, 0.1) is 5.92 Å². The first-order chi connectivity index (χ1) is 11.1. The van der Waals surface area contributed by atoms with Crippen molar-refractivity contribution in [2.75, 3.05) is 0 Å². The maximum atomic E-state index is 12.3. The second-order valence-electron chi connectivity index (χ2n) is 5.86. The zero-order valence-electron chi connectivity index (χ0n) is 13.5. The maximum Gasteiger partial charge on any atom is 0.275 e. The smallest absolute Gasteiger partial charge is 0.275 e. The number of hydrogen-bond donors (Lipinski definition) is 1. The molecule has 2 aliphatic heterocycles.